The van der Waals surface area contributed by atoms with Crippen molar-refractivity contribution in [3.63, 3.8) is 0 Å². The van der Waals surface area contributed by atoms with E-state index >= 15 is 0 Å². The molecule has 0 amide bonds. The van der Waals surface area contributed by atoms with Crippen LogP contribution in [0.2, 0.25) is 0 Å². The molecule has 3 rings (SSSR count). The summed E-state index contributed by atoms with van der Waals surface area (Å²) in [6.45, 7) is 0. The van der Waals surface area contributed by atoms with Gasteiger partial charge in [0.15, 0.2) is 0 Å². The van der Waals surface area contributed by atoms with Crippen LogP contribution in [0.5, 0.6) is 0 Å². The fourth-order valence-electron chi connectivity index (χ4n) is 2.35. The monoisotopic (exact) mass is 245 g/mol. The Labute approximate surface area is 102 Å². The van der Waals surface area contributed by atoms with E-state index in [2.05, 4.69) is 16.9 Å². The molecule has 1 aliphatic rings. The van der Waals surface area contributed by atoms with E-state index in [-0.39, 0.29) is 0 Å². The van der Waals surface area contributed by atoms with Crippen LogP contribution in [-0.4, -0.2) is 8.76 Å². The van der Waals surface area contributed by atoms with Gasteiger partial charge in [-0.25, -0.2) is 4.21 Å². The highest BCUT2D eigenvalue weighted by Crippen LogP contribution is 2.39. The summed E-state index contributed by atoms with van der Waals surface area (Å²) in [6.07, 6.45) is 0.811. The van der Waals surface area contributed by atoms with Gasteiger partial charge in [0.1, 0.15) is 0 Å². The molecule has 4 heteroatoms. The number of benzene rings is 2. The van der Waals surface area contributed by atoms with Gasteiger partial charge in [-0.3, -0.25) is 9.27 Å². The van der Waals surface area contributed by atoms with Gasteiger partial charge in [0.05, 0.1) is 5.69 Å². The molecule has 0 heterocycles. The Hall–Kier alpha value is -1.65. The smallest absolute Gasteiger partial charge is 0.259 e. The highest BCUT2D eigenvalue weighted by atomic mass is 32.2. The van der Waals surface area contributed by atoms with Crippen LogP contribution in [-0.2, 0) is 17.7 Å². The maximum Gasteiger partial charge on any atom is 0.259 e. The lowest BCUT2D eigenvalue weighted by molar-refractivity contribution is 0.570. The van der Waals surface area contributed by atoms with Crippen molar-refractivity contribution in [3.05, 3.63) is 53.6 Å². The van der Waals surface area contributed by atoms with E-state index in [1.54, 1.807) is 0 Å². The van der Waals surface area contributed by atoms with Gasteiger partial charge in [-0.2, -0.15) is 0 Å². The summed E-state index contributed by atoms with van der Waals surface area (Å²) in [5.41, 5.74) is 5.46. The van der Waals surface area contributed by atoms with Crippen LogP contribution in [0.4, 0.5) is 5.69 Å². The molecular weight excluding hydrogens is 234 g/mol. The van der Waals surface area contributed by atoms with Gasteiger partial charge in [0.25, 0.3) is 11.3 Å². The van der Waals surface area contributed by atoms with Crippen LogP contribution in [0.25, 0.3) is 11.1 Å². The molecule has 1 atom stereocenters. The first kappa shape index (κ1) is 10.5. The molecule has 0 saturated carbocycles. The molecule has 1 unspecified atom stereocenters. The molecule has 2 aromatic rings. The zero-order valence-electron chi connectivity index (χ0n) is 9.01. The average molecular weight is 245 g/mol. The number of fused-ring (bicyclic) bond motifs is 3. The first-order valence-electron chi connectivity index (χ1n) is 5.33. The van der Waals surface area contributed by atoms with Gasteiger partial charge in [0.2, 0.25) is 0 Å². The zero-order chi connectivity index (χ0) is 11.8. The molecule has 2 N–H and O–H groups in total. The van der Waals surface area contributed by atoms with Gasteiger partial charge < -0.3 is 0 Å². The van der Waals surface area contributed by atoms with Crippen LogP contribution in [0.3, 0.4) is 0 Å². The number of anilines is 1. The topological polar surface area (TPSA) is 49.3 Å². The first-order chi connectivity index (χ1) is 8.25. The Bertz CT molecular complexity index is 610. The Balaban J connectivity index is 2.14. The maximum absolute atomic E-state index is 10.8. The minimum Gasteiger partial charge on any atom is -0.289 e. The van der Waals surface area contributed by atoms with Gasteiger partial charge in [0, 0.05) is 6.42 Å². The van der Waals surface area contributed by atoms with E-state index in [0.717, 1.165) is 23.2 Å². The Morgan fingerprint density at radius 2 is 1.82 bits per heavy atom. The molecule has 1 aliphatic carbocycles. The minimum absolute atomic E-state index is 0.736. The van der Waals surface area contributed by atoms with E-state index < -0.39 is 11.3 Å². The van der Waals surface area contributed by atoms with Gasteiger partial charge in [-0.05, 0) is 28.3 Å². The lowest BCUT2D eigenvalue weighted by Crippen LogP contribution is -2.04. The van der Waals surface area contributed by atoms with E-state index in [1.807, 2.05) is 30.3 Å². The summed E-state index contributed by atoms with van der Waals surface area (Å²) < 4.78 is 22.3. The summed E-state index contributed by atoms with van der Waals surface area (Å²) in [5.74, 6) is 0. The highest BCUT2D eigenvalue weighted by Gasteiger charge is 2.20. The van der Waals surface area contributed by atoms with Crippen molar-refractivity contribution in [1.82, 2.24) is 0 Å². The summed E-state index contributed by atoms with van der Waals surface area (Å²) >= 11 is -2.02. The van der Waals surface area contributed by atoms with Crippen LogP contribution in [0.1, 0.15) is 11.1 Å². The number of hydrogen-bond donors (Lipinski definition) is 2. The van der Waals surface area contributed by atoms with Gasteiger partial charge >= 0.3 is 0 Å². The van der Waals surface area contributed by atoms with Crippen molar-refractivity contribution in [2.24, 2.45) is 0 Å². The van der Waals surface area contributed by atoms with E-state index in [1.165, 1.54) is 11.1 Å². The molecular formula is C13H11NO2S. The Kier molecular flexibility index (Phi) is 2.46. The van der Waals surface area contributed by atoms with E-state index in [9.17, 15) is 4.21 Å². The number of hydrogen-bond acceptors (Lipinski definition) is 1. The van der Waals surface area contributed by atoms with Crippen molar-refractivity contribution < 1.29 is 8.76 Å². The maximum atomic E-state index is 10.8. The second-order valence-corrected chi connectivity index (χ2v) is 4.72. The summed E-state index contributed by atoms with van der Waals surface area (Å²) in [6, 6.07) is 14.0. The van der Waals surface area contributed by atoms with Crippen molar-refractivity contribution in [2.75, 3.05) is 4.72 Å². The van der Waals surface area contributed by atoms with E-state index in [0.29, 0.717) is 0 Å². The quantitative estimate of drug-likeness (QED) is 0.682. The summed E-state index contributed by atoms with van der Waals surface area (Å²) in [5, 5.41) is 0. The lowest BCUT2D eigenvalue weighted by atomic mass is 10.1. The standard InChI is InChI=1S/C13H11NO2S/c15-17(16)14-13-7-3-6-11-10-5-2-1-4-9(10)8-12(11)13/h1-7,14H,8H2,(H,15,16). The molecule has 86 valence electrons. The van der Waals surface area contributed by atoms with Crippen molar-refractivity contribution in [2.45, 2.75) is 6.42 Å². The minimum atomic E-state index is -2.02. The Morgan fingerprint density at radius 1 is 1.06 bits per heavy atom. The predicted octanol–water partition coefficient (Wildman–Crippen LogP) is 2.81. The van der Waals surface area contributed by atoms with Crippen molar-refractivity contribution >= 4 is 17.0 Å². The number of rotatable bonds is 2. The molecule has 17 heavy (non-hydrogen) atoms. The second kappa shape index (κ2) is 3.98. The lowest BCUT2D eigenvalue weighted by Gasteiger charge is -2.07. The van der Waals surface area contributed by atoms with E-state index in [4.69, 9.17) is 4.55 Å². The second-order valence-electron chi connectivity index (χ2n) is 4.02. The van der Waals surface area contributed by atoms with Crippen LogP contribution in [0, 0.1) is 0 Å². The van der Waals surface area contributed by atoms with Gasteiger partial charge in [-0.1, -0.05) is 36.4 Å². The molecule has 0 aliphatic heterocycles. The first-order valence-corrected chi connectivity index (χ1v) is 6.44. The fourth-order valence-corrected chi connectivity index (χ4v) is 2.73. The third-order valence-electron chi connectivity index (χ3n) is 3.05. The summed E-state index contributed by atoms with van der Waals surface area (Å²) in [7, 11) is 0. The SMILES string of the molecule is O=S(O)Nc1cccc2c1Cc1ccccc1-2. The van der Waals surface area contributed by atoms with Crippen molar-refractivity contribution in [1.29, 1.82) is 0 Å². The molecule has 2 aromatic carbocycles. The zero-order valence-corrected chi connectivity index (χ0v) is 9.83. The molecule has 0 aromatic heterocycles. The average Bonchev–Trinajstić information content (AvgIpc) is 2.68. The highest BCUT2D eigenvalue weighted by molar-refractivity contribution is 7.80. The Morgan fingerprint density at radius 3 is 2.65 bits per heavy atom. The molecule has 0 radical (unpaired) electrons. The van der Waals surface area contributed by atoms with Gasteiger partial charge in [-0.15, -0.1) is 0 Å². The summed E-state index contributed by atoms with van der Waals surface area (Å²) in [4.78, 5) is 0. The third-order valence-corrected chi connectivity index (χ3v) is 3.44. The molecule has 3 nitrogen and oxygen atoms in total. The molecule has 0 fully saturated rings. The fraction of sp³-hybridized carbons (Fsp3) is 0.0769. The number of nitrogens with one attached hydrogen (secondary N) is 1. The molecule has 0 spiro atoms. The molecule has 0 bridgehead atoms. The van der Waals surface area contributed by atoms with Crippen LogP contribution in [0.15, 0.2) is 42.5 Å². The normalized spacial score (nSPS) is 13.9. The predicted molar refractivity (Wildman–Crippen MR) is 69.1 cm³/mol. The third kappa shape index (κ3) is 1.75. The van der Waals surface area contributed by atoms with Crippen molar-refractivity contribution in [3.8, 4) is 11.1 Å². The molecule has 0 saturated heterocycles. The van der Waals surface area contributed by atoms with Crippen LogP contribution < -0.4 is 4.72 Å². The largest absolute Gasteiger partial charge is 0.289 e. The van der Waals surface area contributed by atoms with Crippen LogP contribution >= 0.6 is 0 Å².